The highest BCUT2D eigenvalue weighted by Crippen LogP contribution is 2.21. The molecule has 0 bridgehead atoms. The van der Waals surface area contributed by atoms with Crippen LogP contribution in [-0.4, -0.2) is 32.6 Å². The lowest BCUT2D eigenvalue weighted by molar-refractivity contribution is -0.125. The van der Waals surface area contributed by atoms with Gasteiger partial charge in [-0.1, -0.05) is 18.2 Å². The maximum atomic E-state index is 12.4. The zero-order valence-corrected chi connectivity index (χ0v) is 12.0. The number of aromatic nitrogens is 3. The van der Waals surface area contributed by atoms with Crippen molar-refractivity contribution in [2.75, 3.05) is 5.32 Å². The highest BCUT2D eigenvalue weighted by molar-refractivity contribution is 5.99. The van der Waals surface area contributed by atoms with Gasteiger partial charge < -0.3 is 10.1 Å². The summed E-state index contributed by atoms with van der Waals surface area (Å²) in [5.74, 6) is -0.401. The van der Waals surface area contributed by atoms with E-state index in [9.17, 15) is 9.59 Å². The fourth-order valence-corrected chi connectivity index (χ4v) is 2.61. The van der Waals surface area contributed by atoms with Gasteiger partial charge in [-0.2, -0.15) is 9.61 Å². The molecule has 7 nitrogen and oxygen atoms in total. The first-order valence-electron chi connectivity index (χ1n) is 7.11. The Bertz CT molecular complexity index is 918. The van der Waals surface area contributed by atoms with Gasteiger partial charge in [-0.15, -0.1) is 0 Å². The van der Waals surface area contributed by atoms with Gasteiger partial charge >= 0.3 is 5.97 Å². The molecule has 2 aromatic heterocycles. The average molecular weight is 308 g/mol. The van der Waals surface area contributed by atoms with Crippen molar-refractivity contribution in [3.05, 3.63) is 59.9 Å². The highest BCUT2D eigenvalue weighted by Gasteiger charge is 2.31. The molecule has 0 radical (unpaired) electrons. The van der Waals surface area contributed by atoms with E-state index in [1.807, 2.05) is 12.1 Å². The molecule has 1 aliphatic heterocycles. The van der Waals surface area contributed by atoms with Gasteiger partial charge in [0.2, 0.25) is 0 Å². The summed E-state index contributed by atoms with van der Waals surface area (Å²) >= 11 is 0. The monoisotopic (exact) mass is 308 g/mol. The Labute approximate surface area is 130 Å². The molecule has 3 heterocycles. The molecule has 0 fully saturated rings. The molecule has 1 atom stereocenters. The number of ether oxygens (including phenoxy) is 1. The van der Waals surface area contributed by atoms with Crippen LogP contribution in [0.3, 0.4) is 0 Å². The second kappa shape index (κ2) is 5.20. The van der Waals surface area contributed by atoms with Gasteiger partial charge in [-0.05, 0) is 17.7 Å². The first-order chi connectivity index (χ1) is 11.2. The molecule has 0 aliphatic carbocycles. The maximum Gasteiger partial charge on any atom is 0.339 e. The first kappa shape index (κ1) is 13.4. The third kappa shape index (κ3) is 2.32. The SMILES string of the molecule is O=C1O[C@H](C(=O)Nc2ccnc3ccnn23)Cc2ccccc21. The van der Waals surface area contributed by atoms with Crippen LogP contribution in [0.5, 0.6) is 0 Å². The second-order valence-corrected chi connectivity index (χ2v) is 5.18. The van der Waals surface area contributed by atoms with Gasteiger partial charge in [0.15, 0.2) is 11.8 Å². The number of esters is 1. The highest BCUT2D eigenvalue weighted by atomic mass is 16.5. The molecule has 0 saturated heterocycles. The number of nitrogens with zero attached hydrogens (tertiary/aromatic N) is 3. The second-order valence-electron chi connectivity index (χ2n) is 5.18. The number of anilines is 1. The van der Waals surface area contributed by atoms with E-state index in [0.29, 0.717) is 23.4 Å². The first-order valence-corrected chi connectivity index (χ1v) is 7.11. The number of nitrogens with one attached hydrogen (secondary N) is 1. The van der Waals surface area contributed by atoms with Gasteiger partial charge in [0, 0.05) is 18.7 Å². The molecule has 1 amide bonds. The maximum absolute atomic E-state index is 12.4. The van der Waals surface area contributed by atoms with Gasteiger partial charge in [-0.3, -0.25) is 4.79 Å². The Hall–Kier alpha value is -3.22. The molecule has 23 heavy (non-hydrogen) atoms. The smallest absolute Gasteiger partial charge is 0.339 e. The zero-order valence-electron chi connectivity index (χ0n) is 12.0. The van der Waals surface area contributed by atoms with Crippen LogP contribution in [0.4, 0.5) is 5.82 Å². The van der Waals surface area contributed by atoms with Crippen LogP contribution in [0.2, 0.25) is 0 Å². The lowest BCUT2D eigenvalue weighted by atomic mass is 9.98. The minimum Gasteiger partial charge on any atom is -0.448 e. The fraction of sp³-hybridized carbons (Fsp3) is 0.125. The van der Waals surface area contributed by atoms with E-state index in [4.69, 9.17) is 4.74 Å². The van der Waals surface area contributed by atoms with Gasteiger partial charge in [0.05, 0.1) is 11.8 Å². The summed E-state index contributed by atoms with van der Waals surface area (Å²) < 4.78 is 6.75. The van der Waals surface area contributed by atoms with Crippen molar-refractivity contribution in [1.29, 1.82) is 0 Å². The van der Waals surface area contributed by atoms with Crippen molar-refractivity contribution in [2.45, 2.75) is 12.5 Å². The summed E-state index contributed by atoms with van der Waals surface area (Å²) in [6.07, 6.45) is 2.65. The van der Waals surface area contributed by atoms with E-state index in [2.05, 4.69) is 15.4 Å². The van der Waals surface area contributed by atoms with Crippen LogP contribution in [0.25, 0.3) is 5.65 Å². The number of carbonyl (C=O) groups is 2. The summed E-state index contributed by atoms with van der Waals surface area (Å²) in [6, 6.07) is 10.5. The molecule has 3 aromatic rings. The standard InChI is InChI=1S/C16H12N4O3/c21-15(19-14-5-7-17-13-6-8-18-20(13)14)12-9-10-3-1-2-4-11(10)16(22)23-12/h1-8,12H,9H2,(H,19,21)/t12-/m0/s1. The molecule has 1 aliphatic rings. The molecular weight excluding hydrogens is 296 g/mol. The quantitative estimate of drug-likeness (QED) is 0.724. The van der Waals surface area contributed by atoms with Crippen LogP contribution in [0.15, 0.2) is 48.8 Å². The van der Waals surface area contributed by atoms with E-state index in [1.54, 1.807) is 36.7 Å². The van der Waals surface area contributed by atoms with E-state index in [1.165, 1.54) is 4.52 Å². The summed E-state index contributed by atoms with van der Waals surface area (Å²) in [5.41, 5.74) is 1.94. The van der Waals surface area contributed by atoms with Crippen molar-refractivity contribution in [3.63, 3.8) is 0 Å². The van der Waals surface area contributed by atoms with Crippen molar-refractivity contribution >= 4 is 23.3 Å². The van der Waals surface area contributed by atoms with Crippen molar-refractivity contribution in [1.82, 2.24) is 14.6 Å². The number of hydrogen-bond donors (Lipinski definition) is 1. The average Bonchev–Trinajstić information content (AvgIpc) is 3.04. The molecule has 4 rings (SSSR count). The number of carbonyl (C=O) groups excluding carboxylic acids is 2. The van der Waals surface area contributed by atoms with Crippen molar-refractivity contribution in [2.24, 2.45) is 0 Å². The predicted molar refractivity (Wildman–Crippen MR) is 81.0 cm³/mol. The Morgan fingerprint density at radius 1 is 1.22 bits per heavy atom. The van der Waals surface area contributed by atoms with Crippen molar-refractivity contribution in [3.8, 4) is 0 Å². The molecule has 0 spiro atoms. The van der Waals surface area contributed by atoms with E-state index in [0.717, 1.165) is 5.56 Å². The molecule has 7 heteroatoms. The predicted octanol–water partition coefficient (Wildman–Crippen LogP) is 1.45. The summed E-state index contributed by atoms with van der Waals surface area (Å²) in [5, 5.41) is 6.84. The van der Waals surface area contributed by atoms with Crippen LogP contribution in [0.1, 0.15) is 15.9 Å². The Morgan fingerprint density at radius 3 is 3.00 bits per heavy atom. The lowest BCUT2D eigenvalue weighted by Crippen LogP contribution is -2.38. The number of fused-ring (bicyclic) bond motifs is 2. The molecule has 1 aromatic carbocycles. The molecule has 0 saturated carbocycles. The summed E-state index contributed by atoms with van der Waals surface area (Å²) in [4.78, 5) is 28.6. The fourth-order valence-electron chi connectivity index (χ4n) is 2.61. The summed E-state index contributed by atoms with van der Waals surface area (Å²) in [6.45, 7) is 0. The summed E-state index contributed by atoms with van der Waals surface area (Å²) in [7, 11) is 0. The zero-order chi connectivity index (χ0) is 15.8. The third-order valence-electron chi connectivity index (χ3n) is 3.73. The van der Waals surface area contributed by atoms with E-state index in [-0.39, 0.29) is 0 Å². The third-order valence-corrected chi connectivity index (χ3v) is 3.73. The topological polar surface area (TPSA) is 85.6 Å². The molecule has 114 valence electrons. The largest absolute Gasteiger partial charge is 0.448 e. The van der Waals surface area contributed by atoms with Crippen molar-refractivity contribution < 1.29 is 14.3 Å². The van der Waals surface area contributed by atoms with Crippen LogP contribution in [0, 0.1) is 0 Å². The number of amides is 1. The Morgan fingerprint density at radius 2 is 2.09 bits per heavy atom. The number of benzene rings is 1. The van der Waals surface area contributed by atoms with Gasteiger partial charge in [-0.25, -0.2) is 9.78 Å². The lowest BCUT2D eigenvalue weighted by Gasteiger charge is -2.23. The van der Waals surface area contributed by atoms with Crippen LogP contribution in [-0.2, 0) is 16.0 Å². The van der Waals surface area contributed by atoms with Gasteiger partial charge in [0.25, 0.3) is 5.91 Å². The Kier molecular flexibility index (Phi) is 3.04. The number of hydrogen-bond acceptors (Lipinski definition) is 5. The molecule has 1 N–H and O–H groups in total. The molecule has 0 unspecified atom stereocenters. The minimum atomic E-state index is -0.865. The normalized spacial score (nSPS) is 16.7. The van der Waals surface area contributed by atoms with Crippen LogP contribution < -0.4 is 5.32 Å². The number of cyclic esters (lactones) is 1. The van der Waals surface area contributed by atoms with Gasteiger partial charge in [0.1, 0.15) is 5.82 Å². The van der Waals surface area contributed by atoms with Crippen LogP contribution >= 0.6 is 0 Å². The minimum absolute atomic E-state index is 0.348. The van der Waals surface area contributed by atoms with E-state index < -0.39 is 18.0 Å². The van der Waals surface area contributed by atoms with E-state index >= 15 is 0 Å². The Balaban J connectivity index is 1.59. The molecular formula is C16H12N4O3. The number of rotatable bonds is 2.